The lowest BCUT2D eigenvalue weighted by Crippen LogP contribution is -2.44. The summed E-state index contributed by atoms with van der Waals surface area (Å²) in [5.41, 5.74) is 0.626. The van der Waals surface area contributed by atoms with Crippen LogP contribution in [0.2, 0.25) is 0 Å². The number of amides is 4. The van der Waals surface area contributed by atoms with Gasteiger partial charge in [0.2, 0.25) is 5.91 Å². The van der Waals surface area contributed by atoms with E-state index in [1.165, 1.54) is 5.32 Å². The molecule has 27 heavy (non-hydrogen) atoms. The van der Waals surface area contributed by atoms with Crippen molar-refractivity contribution >= 4 is 41.3 Å². The molecule has 0 unspecified atom stereocenters. The minimum atomic E-state index is -4.62. The van der Waals surface area contributed by atoms with E-state index in [2.05, 4.69) is 10.1 Å². The number of anilines is 1. The van der Waals surface area contributed by atoms with Crippen LogP contribution in [0.25, 0.3) is 0 Å². The van der Waals surface area contributed by atoms with Crippen LogP contribution in [-0.4, -0.2) is 48.4 Å². The molecular formula is C15H14F3N3O5S. The van der Waals surface area contributed by atoms with E-state index in [-0.39, 0.29) is 6.42 Å². The van der Waals surface area contributed by atoms with Crippen LogP contribution in [0.15, 0.2) is 29.2 Å². The topological polar surface area (TPSA) is 114 Å². The number of halogens is 3. The highest BCUT2D eigenvalue weighted by Crippen LogP contribution is 2.36. The third-order valence-corrected chi connectivity index (χ3v) is 4.40. The van der Waals surface area contributed by atoms with E-state index in [0.717, 1.165) is 16.7 Å². The molecule has 1 aromatic carbocycles. The second-order valence-electron chi connectivity index (χ2n) is 5.30. The molecule has 0 aliphatic carbocycles. The second kappa shape index (κ2) is 8.75. The number of hydrogen-bond acceptors (Lipinski definition) is 6. The van der Waals surface area contributed by atoms with Gasteiger partial charge in [-0.05, 0) is 12.1 Å². The average molecular weight is 405 g/mol. The zero-order valence-corrected chi connectivity index (χ0v) is 14.4. The fourth-order valence-corrected chi connectivity index (χ4v) is 3.07. The maximum atomic E-state index is 12.0. The van der Waals surface area contributed by atoms with E-state index in [1.807, 2.05) is 0 Å². The Labute approximate surface area is 155 Å². The van der Waals surface area contributed by atoms with Gasteiger partial charge in [0.25, 0.3) is 5.91 Å². The van der Waals surface area contributed by atoms with E-state index in [1.54, 1.807) is 29.6 Å². The smallest absolute Gasteiger partial charge is 0.405 e. The molecule has 0 aromatic heterocycles. The summed E-state index contributed by atoms with van der Waals surface area (Å²) in [6, 6.07) is 5.63. The summed E-state index contributed by atoms with van der Waals surface area (Å²) in [5.74, 6) is -2.37. The van der Waals surface area contributed by atoms with E-state index in [0.29, 0.717) is 5.69 Å². The molecule has 4 amide bonds. The number of ether oxygens (including phenoxy) is 1. The first-order valence-corrected chi connectivity index (χ1v) is 8.38. The SMILES string of the molecule is O=C(COC(=O)C[C@@H]1Sc2ccccc2NC1=O)NC(=O)NCC(F)(F)F. The molecule has 12 heteroatoms. The lowest BCUT2D eigenvalue weighted by Gasteiger charge is -2.23. The highest BCUT2D eigenvalue weighted by atomic mass is 32.2. The van der Waals surface area contributed by atoms with Gasteiger partial charge in [-0.1, -0.05) is 12.1 Å². The van der Waals surface area contributed by atoms with Crippen LogP contribution in [0.4, 0.5) is 23.7 Å². The Balaban J connectivity index is 1.74. The van der Waals surface area contributed by atoms with Gasteiger partial charge in [0, 0.05) is 4.90 Å². The summed E-state index contributed by atoms with van der Waals surface area (Å²) < 4.78 is 40.4. The van der Waals surface area contributed by atoms with Crippen molar-refractivity contribution in [3.05, 3.63) is 24.3 Å². The molecule has 1 atom stereocenters. The number of alkyl halides is 3. The quantitative estimate of drug-likeness (QED) is 0.639. The molecule has 0 fully saturated rings. The molecule has 0 saturated carbocycles. The number of benzene rings is 1. The molecule has 0 radical (unpaired) electrons. The fraction of sp³-hybridized carbons (Fsp3) is 0.333. The van der Waals surface area contributed by atoms with Gasteiger partial charge < -0.3 is 15.4 Å². The second-order valence-corrected chi connectivity index (χ2v) is 6.55. The minimum absolute atomic E-state index is 0.321. The van der Waals surface area contributed by atoms with Gasteiger partial charge in [-0.25, -0.2) is 4.79 Å². The molecule has 8 nitrogen and oxygen atoms in total. The number of urea groups is 1. The number of carbonyl (C=O) groups excluding carboxylic acids is 4. The Morgan fingerprint density at radius 2 is 1.93 bits per heavy atom. The lowest BCUT2D eigenvalue weighted by atomic mass is 10.2. The Hall–Kier alpha value is -2.76. The predicted octanol–water partition coefficient (Wildman–Crippen LogP) is 1.42. The number of hydrogen-bond donors (Lipinski definition) is 3. The number of fused-ring (bicyclic) bond motifs is 1. The minimum Gasteiger partial charge on any atom is -0.456 e. The fourth-order valence-electron chi connectivity index (χ4n) is 1.97. The maximum absolute atomic E-state index is 12.0. The van der Waals surface area contributed by atoms with Crippen LogP contribution < -0.4 is 16.0 Å². The number of thioether (sulfide) groups is 1. The van der Waals surface area contributed by atoms with Gasteiger partial charge in [-0.15, -0.1) is 11.8 Å². The standard InChI is InChI=1S/C15H14F3N3O5S/c16-15(17,18)7-19-14(25)21-11(22)6-26-12(23)5-10-13(24)20-8-3-1-2-4-9(8)27-10/h1-4,10H,5-7H2,(H,20,24)(H2,19,21,22,25)/t10-/m0/s1. The molecule has 146 valence electrons. The monoisotopic (exact) mass is 405 g/mol. The highest BCUT2D eigenvalue weighted by molar-refractivity contribution is 8.01. The molecular weight excluding hydrogens is 391 g/mol. The van der Waals surface area contributed by atoms with Gasteiger partial charge in [0.15, 0.2) is 6.61 Å². The number of rotatable bonds is 5. The molecule has 0 saturated heterocycles. The van der Waals surface area contributed by atoms with Crippen LogP contribution >= 0.6 is 11.8 Å². The van der Waals surface area contributed by atoms with E-state index >= 15 is 0 Å². The Bertz CT molecular complexity index is 756. The third-order valence-electron chi connectivity index (χ3n) is 3.13. The van der Waals surface area contributed by atoms with E-state index < -0.39 is 48.4 Å². The molecule has 1 aliphatic rings. The Morgan fingerprint density at radius 1 is 1.22 bits per heavy atom. The average Bonchev–Trinajstić information content (AvgIpc) is 2.58. The van der Waals surface area contributed by atoms with Crippen molar-refractivity contribution in [3.63, 3.8) is 0 Å². The summed E-state index contributed by atoms with van der Waals surface area (Å²) in [7, 11) is 0. The lowest BCUT2D eigenvalue weighted by molar-refractivity contribution is -0.148. The van der Waals surface area contributed by atoms with Crippen LogP contribution in [0, 0.1) is 0 Å². The summed E-state index contributed by atoms with van der Waals surface area (Å²) >= 11 is 1.16. The molecule has 2 rings (SSSR count). The molecule has 1 aromatic rings. The van der Waals surface area contributed by atoms with Gasteiger partial charge in [-0.2, -0.15) is 13.2 Å². The largest absolute Gasteiger partial charge is 0.456 e. The Morgan fingerprint density at radius 3 is 2.63 bits per heavy atom. The first kappa shape index (κ1) is 20.6. The van der Waals surface area contributed by atoms with E-state index in [9.17, 15) is 32.3 Å². The van der Waals surface area contributed by atoms with Crippen molar-refractivity contribution < 1.29 is 37.1 Å². The zero-order valence-electron chi connectivity index (χ0n) is 13.6. The Kier molecular flexibility index (Phi) is 6.66. The highest BCUT2D eigenvalue weighted by Gasteiger charge is 2.30. The first-order chi connectivity index (χ1) is 12.6. The molecule has 3 N–H and O–H groups in total. The molecule has 1 aliphatic heterocycles. The zero-order chi connectivity index (χ0) is 20.0. The molecule has 1 heterocycles. The predicted molar refractivity (Wildman–Crippen MR) is 87.9 cm³/mol. The van der Waals surface area contributed by atoms with Gasteiger partial charge in [0.05, 0.1) is 17.4 Å². The molecule has 0 spiro atoms. The van der Waals surface area contributed by atoms with Crippen LogP contribution in [0.3, 0.4) is 0 Å². The summed E-state index contributed by atoms with van der Waals surface area (Å²) in [6.07, 6.45) is -4.94. The van der Waals surface area contributed by atoms with Crippen molar-refractivity contribution in [1.82, 2.24) is 10.6 Å². The maximum Gasteiger partial charge on any atom is 0.405 e. The van der Waals surface area contributed by atoms with Gasteiger partial charge >= 0.3 is 18.2 Å². The number of para-hydroxylation sites is 1. The number of carbonyl (C=O) groups is 4. The number of nitrogens with one attached hydrogen (secondary N) is 3. The van der Waals surface area contributed by atoms with Crippen molar-refractivity contribution in [3.8, 4) is 0 Å². The van der Waals surface area contributed by atoms with E-state index in [4.69, 9.17) is 0 Å². The molecule has 0 bridgehead atoms. The van der Waals surface area contributed by atoms with Crippen LogP contribution in [0.1, 0.15) is 6.42 Å². The van der Waals surface area contributed by atoms with Crippen molar-refractivity contribution in [2.45, 2.75) is 22.7 Å². The summed E-state index contributed by atoms with van der Waals surface area (Å²) in [4.78, 5) is 47.0. The van der Waals surface area contributed by atoms with Gasteiger partial charge in [0.1, 0.15) is 6.54 Å². The van der Waals surface area contributed by atoms with Crippen LogP contribution in [-0.2, 0) is 19.1 Å². The summed E-state index contributed by atoms with van der Waals surface area (Å²) in [5, 5.41) is 4.89. The first-order valence-electron chi connectivity index (χ1n) is 7.50. The van der Waals surface area contributed by atoms with Crippen molar-refractivity contribution in [2.75, 3.05) is 18.5 Å². The van der Waals surface area contributed by atoms with Gasteiger partial charge in [-0.3, -0.25) is 19.7 Å². The summed E-state index contributed by atoms with van der Waals surface area (Å²) in [6.45, 7) is -2.48. The third kappa shape index (κ3) is 6.81. The van der Waals surface area contributed by atoms with Crippen LogP contribution in [0.5, 0.6) is 0 Å². The van der Waals surface area contributed by atoms with Crippen molar-refractivity contribution in [1.29, 1.82) is 0 Å². The number of imide groups is 1. The number of esters is 1. The van der Waals surface area contributed by atoms with Crippen molar-refractivity contribution in [2.24, 2.45) is 0 Å². The normalized spacial score (nSPS) is 16.0.